The van der Waals surface area contributed by atoms with E-state index in [4.69, 9.17) is 4.74 Å². The minimum absolute atomic E-state index is 0.0446. The third-order valence-electron chi connectivity index (χ3n) is 4.82. The minimum Gasteiger partial charge on any atom is -0.467 e. The lowest BCUT2D eigenvalue weighted by molar-refractivity contribution is -0.145. The van der Waals surface area contributed by atoms with E-state index in [0.29, 0.717) is 11.3 Å². The van der Waals surface area contributed by atoms with Gasteiger partial charge in [-0.25, -0.2) is 4.79 Å². The predicted octanol–water partition coefficient (Wildman–Crippen LogP) is 1.42. The highest BCUT2D eigenvalue weighted by Gasteiger charge is 2.29. The van der Waals surface area contributed by atoms with Crippen LogP contribution >= 0.6 is 0 Å². The molecule has 0 aromatic heterocycles. The summed E-state index contributed by atoms with van der Waals surface area (Å²) in [7, 11) is 1.26. The van der Waals surface area contributed by atoms with Gasteiger partial charge in [0, 0.05) is 12.8 Å². The standard InChI is InChI=1S/C22H23N3O5/c1-30-22(29)18(13-14-7-3-2-4-8-14)23-19(26)12-11-17-21(28)24-16-10-6-5-9-15(16)20(27)25-17/h2-10,17-18H,11-13H2,1H3,(H,23,26)(H,24,28)(H,25,27)/t17-,18-/m0/s1. The summed E-state index contributed by atoms with van der Waals surface area (Å²) in [5.74, 6) is -1.74. The van der Waals surface area contributed by atoms with Gasteiger partial charge in [-0.05, 0) is 24.1 Å². The van der Waals surface area contributed by atoms with E-state index in [1.54, 1.807) is 24.3 Å². The Morgan fingerprint density at radius 3 is 2.50 bits per heavy atom. The first-order valence-corrected chi connectivity index (χ1v) is 9.60. The van der Waals surface area contributed by atoms with Gasteiger partial charge in [-0.15, -0.1) is 0 Å². The zero-order chi connectivity index (χ0) is 21.5. The van der Waals surface area contributed by atoms with Crippen molar-refractivity contribution in [2.24, 2.45) is 0 Å². The van der Waals surface area contributed by atoms with Gasteiger partial charge >= 0.3 is 5.97 Å². The maximum Gasteiger partial charge on any atom is 0.328 e. The zero-order valence-electron chi connectivity index (χ0n) is 16.5. The molecule has 3 amide bonds. The number of fused-ring (bicyclic) bond motifs is 1. The van der Waals surface area contributed by atoms with Crippen LogP contribution in [-0.4, -0.2) is 42.9 Å². The number of carbonyl (C=O) groups is 4. The summed E-state index contributed by atoms with van der Waals surface area (Å²) >= 11 is 0. The zero-order valence-corrected chi connectivity index (χ0v) is 16.5. The molecule has 0 aliphatic carbocycles. The Hall–Kier alpha value is -3.68. The largest absolute Gasteiger partial charge is 0.467 e. The second-order valence-electron chi connectivity index (χ2n) is 6.93. The Balaban J connectivity index is 1.59. The van der Waals surface area contributed by atoms with Crippen LogP contribution in [0.25, 0.3) is 0 Å². The minimum atomic E-state index is -0.860. The molecule has 3 rings (SSSR count). The first-order valence-electron chi connectivity index (χ1n) is 9.60. The van der Waals surface area contributed by atoms with Gasteiger partial charge in [-0.1, -0.05) is 42.5 Å². The van der Waals surface area contributed by atoms with Crippen molar-refractivity contribution in [3.8, 4) is 0 Å². The molecule has 0 unspecified atom stereocenters. The Bertz CT molecular complexity index is 945. The fraction of sp³-hybridized carbons (Fsp3) is 0.273. The number of methoxy groups -OCH3 is 1. The Labute approximate surface area is 174 Å². The summed E-state index contributed by atoms with van der Waals surface area (Å²) < 4.78 is 4.79. The van der Waals surface area contributed by atoms with E-state index in [2.05, 4.69) is 16.0 Å². The molecule has 0 spiro atoms. The molecule has 30 heavy (non-hydrogen) atoms. The first kappa shape index (κ1) is 21.0. The number of nitrogens with one attached hydrogen (secondary N) is 3. The third kappa shape index (κ3) is 5.22. The molecule has 8 heteroatoms. The average molecular weight is 409 g/mol. The van der Waals surface area contributed by atoms with Crippen molar-refractivity contribution in [1.29, 1.82) is 0 Å². The van der Waals surface area contributed by atoms with Crippen LogP contribution in [0.1, 0.15) is 28.8 Å². The lowest BCUT2D eigenvalue weighted by Gasteiger charge is -2.18. The molecule has 156 valence electrons. The summed E-state index contributed by atoms with van der Waals surface area (Å²) in [4.78, 5) is 49.3. The van der Waals surface area contributed by atoms with Gasteiger partial charge in [0.05, 0.1) is 18.4 Å². The molecule has 2 aromatic carbocycles. The van der Waals surface area contributed by atoms with Crippen LogP contribution in [0.4, 0.5) is 5.69 Å². The average Bonchev–Trinajstić information content (AvgIpc) is 2.87. The molecule has 0 fully saturated rings. The van der Waals surface area contributed by atoms with Gasteiger partial charge in [0.2, 0.25) is 11.8 Å². The molecule has 1 aliphatic heterocycles. The summed E-state index contributed by atoms with van der Waals surface area (Å²) in [6.07, 6.45) is 0.336. The number of hydrogen-bond acceptors (Lipinski definition) is 5. The number of esters is 1. The smallest absolute Gasteiger partial charge is 0.328 e. The fourth-order valence-corrected chi connectivity index (χ4v) is 3.24. The quantitative estimate of drug-likeness (QED) is 0.599. The van der Waals surface area contributed by atoms with E-state index in [1.165, 1.54) is 7.11 Å². The van der Waals surface area contributed by atoms with Crippen LogP contribution in [0.15, 0.2) is 54.6 Å². The van der Waals surface area contributed by atoms with Crippen molar-refractivity contribution in [2.45, 2.75) is 31.3 Å². The predicted molar refractivity (Wildman–Crippen MR) is 110 cm³/mol. The van der Waals surface area contributed by atoms with E-state index in [1.807, 2.05) is 30.3 Å². The third-order valence-corrected chi connectivity index (χ3v) is 4.82. The van der Waals surface area contributed by atoms with Crippen LogP contribution in [0.2, 0.25) is 0 Å². The van der Waals surface area contributed by atoms with Gasteiger partial charge in [0.1, 0.15) is 12.1 Å². The van der Waals surface area contributed by atoms with Crippen molar-refractivity contribution < 1.29 is 23.9 Å². The van der Waals surface area contributed by atoms with E-state index < -0.39 is 29.9 Å². The number of anilines is 1. The molecular weight excluding hydrogens is 386 g/mol. The highest BCUT2D eigenvalue weighted by molar-refractivity contribution is 6.09. The highest BCUT2D eigenvalue weighted by atomic mass is 16.5. The monoisotopic (exact) mass is 409 g/mol. The molecule has 0 saturated heterocycles. The van der Waals surface area contributed by atoms with Crippen molar-refractivity contribution in [1.82, 2.24) is 10.6 Å². The SMILES string of the molecule is COC(=O)[C@H](Cc1ccccc1)NC(=O)CC[C@@H]1NC(=O)c2ccccc2NC1=O. The topological polar surface area (TPSA) is 114 Å². The molecule has 3 N–H and O–H groups in total. The molecule has 8 nitrogen and oxygen atoms in total. The first-order chi connectivity index (χ1) is 14.5. The Morgan fingerprint density at radius 1 is 1.07 bits per heavy atom. The molecule has 0 radical (unpaired) electrons. The van der Waals surface area contributed by atoms with Crippen LogP contribution in [-0.2, 0) is 25.5 Å². The van der Waals surface area contributed by atoms with E-state index in [-0.39, 0.29) is 25.2 Å². The number of benzene rings is 2. The molecule has 1 heterocycles. The molecule has 2 aromatic rings. The molecule has 0 bridgehead atoms. The second-order valence-corrected chi connectivity index (χ2v) is 6.93. The van der Waals surface area contributed by atoms with Crippen LogP contribution in [0, 0.1) is 0 Å². The second kappa shape index (κ2) is 9.69. The molecular formula is C22H23N3O5. The van der Waals surface area contributed by atoms with Gasteiger partial charge in [-0.2, -0.15) is 0 Å². The summed E-state index contributed by atoms with van der Waals surface area (Å²) in [6, 6.07) is 14.2. The lowest BCUT2D eigenvalue weighted by Crippen LogP contribution is -2.45. The normalized spacial score (nSPS) is 16.4. The number of amides is 3. The highest BCUT2D eigenvalue weighted by Crippen LogP contribution is 2.19. The van der Waals surface area contributed by atoms with Crippen LogP contribution in [0.5, 0.6) is 0 Å². The van der Waals surface area contributed by atoms with Crippen LogP contribution in [0.3, 0.4) is 0 Å². The maximum atomic E-state index is 12.4. The Morgan fingerprint density at radius 2 is 1.77 bits per heavy atom. The maximum absolute atomic E-state index is 12.4. The van der Waals surface area contributed by atoms with Crippen molar-refractivity contribution in [2.75, 3.05) is 12.4 Å². The van der Waals surface area contributed by atoms with E-state index >= 15 is 0 Å². The Kier molecular flexibility index (Phi) is 6.79. The van der Waals surface area contributed by atoms with Gasteiger partial charge in [0.25, 0.3) is 5.91 Å². The van der Waals surface area contributed by atoms with Crippen molar-refractivity contribution in [3.05, 3.63) is 65.7 Å². The van der Waals surface area contributed by atoms with Crippen molar-refractivity contribution in [3.63, 3.8) is 0 Å². The summed E-state index contributed by atoms with van der Waals surface area (Å²) in [6.45, 7) is 0. The number of ether oxygens (including phenoxy) is 1. The number of hydrogen-bond donors (Lipinski definition) is 3. The van der Waals surface area contributed by atoms with Gasteiger partial charge < -0.3 is 20.7 Å². The van der Waals surface area contributed by atoms with E-state index in [0.717, 1.165) is 5.56 Å². The lowest BCUT2D eigenvalue weighted by atomic mass is 10.1. The molecule has 2 atom stereocenters. The summed E-state index contributed by atoms with van der Waals surface area (Å²) in [5.41, 5.74) is 1.67. The van der Waals surface area contributed by atoms with E-state index in [9.17, 15) is 19.2 Å². The van der Waals surface area contributed by atoms with Crippen molar-refractivity contribution >= 4 is 29.4 Å². The molecule has 0 saturated carbocycles. The van der Waals surface area contributed by atoms with Gasteiger partial charge in [0.15, 0.2) is 0 Å². The van der Waals surface area contributed by atoms with Gasteiger partial charge in [-0.3, -0.25) is 14.4 Å². The molecule has 1 aliphatic rings. The number of carbonyl (C=O) groups excluding carboxylic acids is 4. The number of para-hydroxylation sites is 1. The van der Waals surface area contributed by atoms with Crippen LogP contribution < -0.4 is 16.0 Å². The summed E-state index contributed by atoms with van der Waals surface area (Å²) in [5, 5.41) is 8.00. The number of rotatable bonds is 7. The fourth-order valence-electron chi connectivity index (χ4n) is 3.24.